The number of nitrogens with zero attached hydrogens (tertiary/aromatic N) is 1. The molecule has 1 rings (SSSR count). The van der Waals surface area contributed by atoms with E-state index < -0.39 is 0 Å². The monoisotopic (exact) mass is 207 g/mol. The normalized spacial score (nSPS) is 13.1. The number of hydrogen-bond acceptors (Lipinski definition) is 2. The highest BCUT2D eigenvalue weighted by Crippen LogP contribution is 2.01. The molecule has 2 nitrogen and oxygen atoms in total. The predicted octanol–water partition coefficient (Wildman–Crippen LogP) is 1.93. The zero-order valence-electron chi connectivity index (χ0n) is 9.69. The second-order valence-corrected chi connectivity index (χ2v) is 4.06. The summed E-state index contributed by atoms with van der Waals surface area (Å²) in [6.07, 6.45) is 1.69. The molecule has 15 heavy (non-hydrogen) atoms. The van der Waals surface area contributed by atoms with E-state index in [0.717, 1.165) is 25.9 Å². The van der Waals surface area contributed by atoms with Crippen molar-refractivity contribution in [3.63, 3.8) is 0 Å². The molecule has 0 saturated heterocycles. The Kier molecular flexibility index (Phi) is 5.37. The lowest BCUT2D eigenvalue weighted by Crippen LogP contribution is -2.30. The lowest BCUT2D eigenvalue weighted by molar-refractivity contribution is 0.123. The van der Waals surface area contributed by atoms with Crippen LogP contribution in [0.4, 0.5) is 0 Å². The van der Waals surface area contributed by atoms with Crippen LogP contribution in [0, 0.1) is 0 Å². The van der Waals surface area contributed by atoms with Gasteiger partial charge in [0.1, 0.15) is 0 Å². The summed E-state index contributed by atoms with van der Waals surface area (Å²) in [7, 11) is 2.06. The van der Waals surface area contributed by atoms with Crippen molar-refractivity contribution in [2.75, 3.05) is 20.1 Å². The van der Waals surface area contributed by atoms with Crippen LogP contribution in [0.3, 0.4) is 0 Å². The Balaban J connectivity index is 2.25. The van der Waals surface area contributed by atoms with Crippen molar-refractivity contribution < 1.29 is 5.11 Å². The van der Waals surface area contributed by atoms with Gasteiger partial charge in [-0.3, -0.25) is 0 Å². The minimum atomic E-state index is -0.189. The first-order valence-corrected chi connectivity index (χ1v) is 5.63. The average Bonchev–Trinajstić information content (AvgIpc) is 2.27. The minimum absolute atomic E-state index is 0.189. The molecule has 0 aromatic heterocycles. The van der Waals surface area contributed by atoms with Crippen molar-refractivity contribution in [1.29, 1.82) is 0 Å². The molecule has 84 valence electrons. The third kappa shape index (κ3) is 4.96. The Hall–Kier alpha value is -0.860. The molecule has 0 unspecified atom stereocenters. The molecule has 0 aliphatic heterocycles. The second-order valence-electron chi connectivity index (χ2n) is 4.06. The largest absolute Gasteiger partial charge is 0.392 e. The van der Waals surface area contributed by atoms with Gasteiger partial charge in [-0.05, 0) is 25.5 Å². The maximum Gasteiger partial charge on any atom is 0.0664 e. The van der Waals surface area contributed by atoms with Gasteiger partial charge < -0.3 is 10.0 Å². The molecular weight excluding hydrogens is 186 g/mol. The molecule has 0 bridgehead atoms. The summed E-state index contributed by atoms with van der Waals surface area (Å²) in [6.45, 7) is 3.78. The van der Waals surface area contributed by atoms with Gasteiger partial charge in [-0.2, -0.15) is 0 Å². The number of aliphatic hydroxyl groups is 1. The first-order chi connectivity index (χ1) is 7.22. The Morgan fingerprint density at radius 1 is 1.27 bits per heavy atom. The molecule has 0 amide bonds. The van der Waals surface area contributed by atoms with Gasteiger partial charge in [0.15, 0.2) is 0 Å². The fourth-order valence-electron chi connectivity index (χ4n) is 1.54. The summed E-state index contributed by atoms with van der Waals surface area (Å²) in [5.74, 6) is 0. The molecule has 1 N–H and O–H groups in total. The minimum Gasteiger partial charge on any atom is -0.392 e. The fraction of sp³-hybridized carbons (Fsp3) is 0.538. The SMILES string of the molecule is CC[C@@H](O)CN(C)CCc1ccccc1. The molecule has 1 aromatic carbocycles. The van der Waals surface area contributed by atoms with Gasteiger partial charge >= 0.3 is 0 Å². The van der Waals surface area contributed by atoms with Crippen LogP contribution in [-0.2, 0) is 6.42 Å². The van der Waals surface area contributed by atoms with E-state index in [2.05, 4.69) is 36.2 Å². The summed E-state index contributed by atoms with van der Waals surface area (Å²) in [5, 5.41) is 9.48. The van der Waals surface area contributed by atoms with Gasteiger partial charge in [0.05, 0.1) is 6.10 Å². The predicted molar refractivity (Wildman–Crippen MR) is 63.9 cm³/mol. The molecule has 2 heteroatoms. The highest BCUT2D eigenvalue weighted by atomic mass is 16.3. The lowest BCUT2D eigenvalue weighted by Gasteiger charge is -2.19. The van der Waals surface area contributed by atoms with E-state index in [9.17, 15) is 5.11 Å². The van der Waals surface area contributed by atoms with Gasteiger partial charge in [-0.25, -0.2) is 0 Å². The van der Waals surface area contributed by atoms with Crippen LogP contribution in [0.2, 0.25) is 0 Å². The van der Waals surface area contributed by atoms with Crippen molar-refractivity contribution >= 4 is 0 Å². The third-order valence-electron chi connectivity index (χ3n) is 2.62. The summed E-state index contributed by atoms with van der Waals surface area (Å²) in [4.78, 5) is 2.18. The van der Waals surface area contributed by atoms with Crippen LogP contribution in [0.1, 0.15) is 18.9 Å². The first-order valence-electron chi connectivity index (χ1n) is 5.63. The molecule has 0 radical (unpaired) electrons. The van der Waals surface area contributed by atoms with E-state index in [0.29, 0.717) is 0 Å². The number of rotatable bonds is 6. The van der Waals surface area contributed by atoms with Crippen LogP contribution in [0.15, 0.2) is 30.3 Å². The van der Waals surface area contributed by atoms with Crippen LogP contribution in [0.25, 0.3) is 0 Å². The molecular formula is C13H21NO. The van der Waals surface area contributed by atoms with Crippen LogP contribution in [0.5, 0.6) is 0 Å². The Labute approximate surface area is 92.5 Å². The average molecular weight is 207 g/mol. The highest BCUT2D eigenvalue weighted by Gasteiger charge is 2.05. The summed E-state index contributed by atoms with van der Waals surface area (Å²) < 4.78 is 0. The highest BCUT2D eigenvalue weighted by molar-refractivity contribution is 5.14. The van der Waals surface area contributed by atoms with Crippen molar-refractivity contribution in [2.45, 2.75) is 25.9 Å². The van der Waals surface area contributed by atoms with Crippen molar-refractivity contribution in [3.05, 3.63) is 35.9 Å². The van der Waals surface area contributed by atoms with Gasteiger partial charge in [0.25, 0.3) is 0 Å². The van der Waals surface area contributed by atoms with Gasteiger partial charge in [0.2, 0.25) is 0 Å². The summed E-state index contributed by atoms with van der Waals surface area (Å²) >= 11 is 0. The molecule has 0 fully saturated rings. The van der Waals surface area contributed by atoms with E-state index in [-0.39, 0.29) is 6.10 Å². The zero-order valence-corrected chi connectivity index (χ0v) is 9.69. The first kappa shape index (κ1) is 12.2. The van der Waals surface area contributed by atoms with Crippen molar-refractivity contribution in [3.8, 4) is 0 Å². The molecule has 0 saturated carbocycles. The van der Waals surface area contributed by atoms with Gasteiger partial charge in [-0.1, -0.05) is 37.3 Å². The quantitative estimate of drug-likeness (QED) is 0.770. The molecule has 0 aliphatic carbocycles. The topological polar surface area (TPSA) is 23.5 Å². The molecule has 1 atom stereocenters. The Morgan fingerprint density at radius 3 is 2.53 bits per heavy atom. The van der Waals surface area contributed by atoms with Gasteiger partial charge in [0, 0.05) is 13.1 Å². The van der Waals surface area contributed by atoms with Gasteiger partial charge in [-0.15, -0.1) is 0 Å². The van der Waals surface area contributed by atoms with E-state index in [1.165, 1.54) is 5.56 Å². The number of aliphatic hydroxyl groups excluding tert-OH is 1. The molecule has 0 spiro atoms. The number of likely N-dealkylation sites (N-methyl/N-ethyl adjacent to an activating group) is 1. The van der Waals surface area contributed by atoms with E-state index in [1.807, 2.05) is 13.0 Å². The Bertz CT molecular complexity index is 260. The molecule has 1 aromatic rings. The summed E-state index contributed by atoms with van der Waals surface area (Å²) in [6, 6.07) is 10.5. The number of benzene rings is 1. The smallest absolute Gasteiger partial charge is 0.0664 e. The fourth-order valence-corrected chi connectivity index (χ4v) is 1.54. The maximum absolute atomic E-state index is 9.48. The van der Waals surface area contributed by atoms with E-state index >= 15 is 0 Å². The third-order valence-corrected chi connectivity index (χ3v) is 2.62. The van der Waals surface area contributed by atoms with Crippen LogP contribution >= 0.6 is 0 Å². The van der Waals surface area contributed by atoms with E-state index in [1.54, 1.807) is 0 Å². The maximum atomic E-state index is 9.48. The number of hydrogen-bond donors (Lipinski definition) is 1. The molecule has 0 heterocycles. The van der Waals surface area contributed by atoms with E-state index in [4.69, 9.17) is 0 Å². The summed E-state index contributed by atoms with van der Waals surface area (Å²) in [5.41, 5.74) is 1.36. The second kappa shape index (κ2) is 6.59. The Morgan fingerprint density at radius 2 is 1.93 bits per heavy atom. The van der Waals surface area contributed by atoms with Crippen molar-refractivity contribution in [1.82, 2.24) is 4.90 Å². The van der Waals surface area contributed by atoms with Crippen molar-refractivity contribution in [2.24, 2.45) is 0 Å². The lowest BCUT2D eigenvalue weighted by atomic mass is 10.1. The zero-order chi connectivity index (χ0) is 11.1. The molecule has 0 aliphatic rings. The standard InChI is InChI=1S/C13H21NO/c1-3-13(15)11-14(2)10-9-12-7-5-4-6-8-12/h4-8,13,15H,3,9-11H2,1-2H3/t13-/m1/s1. The van der Waals surface area contributed by atoms with Crippen LogP contribution < -0.4 is 0 Å². The van der Waals surface area contributed by atoms with Crippen LogP contribution in [-0.4, -0.2) is 36.2 Å².